The summed E-state index contributed by atoms with van der Waals surface area (Å²) in [4.78, 5) is 12.3. The fourth-order valence-electron chi connectivity index (χ4n) is 1.50. The van der Waals surface area contributed by atoms with Crippen LogP contribution in [0.5, 0.6) is 0 Å². The first-order chi connectivity index (χ1) is 6.68. The molecule has 0 saturated carbocycles. The van der Waals surface area contributed by atoms with E-state index in [0.29, 0.717) is 18.8 Å². The first-order valence-electron chi connectivity index (χ1n) is 4.22. The molecule has 1 aliphatic heterocycles. The first kappa shape index (κ1) is 9.33. The van der Waals surface area contributed by atoms with Crippen molar-refractivity contribution in [1.82, 2.24) is 0 Å². The molecule has 0 radical (unpaired) electrons. The van der Waals surface area contributed by atoms with Crippen molar-refractivity contribution < 1.29 is 9.90 Å². The molecular weight excluding hydrogens is 248 g/mol. The molecule has 2 rings (SSSR count). The number of halogens is 1. The zero-order valence-electron chi connectivity index (χ0n) is 7.33. The molecule has 0 fully saturated rings. The molecule has 0 aromatic heterocycles. The van der Waals surface area contributed by atoms with Gasteiger partial charge in [-0.25, -0.2) is 4.79 Å². The molecule has 1 amide bonds. The third-order valence-corrected chi connectivity index (χ3v) is 2.63. The van der Waals surface area contributed by atoms with Crippen LogP contribution in [0.4, 0.5) is 16.2 Å². The van der Waals surface area contributed by atoms with E-state index in [0.717, 1.165) is 10.2 Å². The lowest BCUT2D eigenvalue weighted by Gasteiger charge is -2.28. The van der Waals surface area contributed by atoms with E-state index in [1.807, 2.05) is 12.1 Å². The van der Waals surface area contributed by atoms with Gasteiger partial charge in [-0.3, -0.25) is 4.90 Å². The van der Waals surface area contributed by atoms with Crippen LogP contribution >= 0.6 is 15.9 Å². The Morgan fingerprint density at radius 2 is 2.36 bits per heavy atom. The lowest BCUT2D eigenvalue weighted by Crippen LogP contribution is -2.37. The van der Waals surface area contributed by atoms with E-state index in [2.05, 4.69) is 21.2 Å². The molecule has 0 atom stereocenters. The number of amides is 1. The van der Waals surface area contributed by atoms with Crippen molar-refractivity contribution in [3.63, 3.8) is 0 Å². The highest BCUT2D eigenvalue weighted by molar-refractivity contribution is 9.10. The van der Waals surface area contributed by atoms with Gasteiger partial charge >= 0.3 is 6.09 Å². The number of nitrogens with zero attached hydrogens (tertiary/aromatic N) is 1. The van der Waals surface area contributed by atoms with Crippen LogP contribution in [0.3, 0.4) is 0 Å². The van der Waals surface area contributed by atoms with Gasteiger partial charge < -0.3 is 10.4 Å². The molecule has 0 unspecified atom stereocenters. The summed E-state index contributed by atoms with van der Waals surface area (Å²) in [5.74, 6) is 0. The topological polar surface area (TPSA) is 52.6 Å². The van der Waals surface area contributed by atoms with E-state index < -0.39 is 6.09 Å². The van der Waals surface area contributed by atoms with Gasteiger partial charge in [-0.1, -0.05) is 15.9 Å². The van der Waals surface area contributed by atoms with Crippen molar-refractivity contribution in [2.45, 2.75) is 0 Å². The molecule has 1 aromatic carbocycles. The largest absolute Gasteiger partial charge is 0.465 e. The minimum atomic E-state index is -0.911. The molecule has 14 heavy (non-hydrogen) atoms. The minimum Gasteiger partial charge on any atom is -0.465 e. The van der Waals surface area contributed by atoms with Crippen LogP contribution in [-0.4, -0.2) is 24.3 Å². The second-order valence-electron chi connectivity index (χ2n) is 3.02. The molecular formula is C9H9BrN2O2. The maximum atomic E-state index is 10.9. The van der Waals surface area contributed by atoms with Crippen molar-refractivity contribution in [3.8, 4) is 0 Å². The fraction of sp³-hybridized carbons (Fsp3) is 0.222. The van der Waals surface area contributed by atoms with Crippen molar-refractivity contribution in [1.29, 1.82) is 0 Å². The second kappa shape index (κ2) is 3.49. The maximum Gasteiger partial charge on any atom is 0.411 e. The summed E-state index contributed by atoms with van der Waals surface area (Å²) in [5.41, 5.74) is 1.57. The van der Waals surface area contributed by atoms with Crippen molar-refractivity contribution in [2.24, 2.45) is 0 Å². The number of nitrogens with one attached hydrogen (secondary N) is 1. The smallest absolute Gasteiger partial charge is 0.411 e. The van der Waals surface area contributed by atoms with E-state index in [9.17, 15) is 4.79 Å². The van der Waals surface area contributed by atoms with E-state index >= 15 is 0 Å². The van der Waals surface area contributed by atoms with Gasteiger partial charge in [0.2, 0.25) is 0 Å². The monoisotopic (exact) mass is 256 g/mol. The van der Waals surface area contributed by atoms with Crippen LogP contribution in [0.1, 0.15) is 0 Å². The predicted molar refractivity (Wildman–Crippen MR) is 58.0 cm³/mol. The van der Waals surface area contributed by atoms with Crippen molar-refractivity contribution in [2.75, 3.05) is 23.3 Å². The van der Waals surface area contributed by atoms with E-state index in [-0.39, 0.29) is 0 Å². The van der Waals surface area contributed by atoms with Crippen LogP contribution in [0.2, 0.25) is 0 Å². The standard InChI is InChI=1S/C9H9BrN2O2/c10-6-1-2-7-8(5-6)12(9(13)14)4-3-11-7/h1-2,5,11H,3-4H2,(H,13,14). The van der Waals surface area contributed by atoms with E-state index in [1.54, 1.807) is 6.07 Å². The average molecular weight is 257 g/mol. The van der Waals surface area contributed by atoms with Gasteiger partial charge in [0.25, 0.3) is 0 Å². The molecule has 0 spiro atoms. The van der Waals surface area contributed by atoms with Crippen LogP contribution in [-0.2, 0) is 0 Å². The Balaban J connectivity index is 2.46. The highest BCUT2D eigenvalue weighted by Crippen LogP contribution is 2.31. The maximum absolute atomic E-state index is 10.9. The number of rotatable bonds is 0. The molecule has 1 heterocycles. The summed E-state index contributed by atoms with van der Waals surface area (Å²) < 4.78 is 0.881. The number of hydrogen-bond donors (Lipinski definition) is 2. The fourth-order valence-corrected chi connectivity index (χ4v) is 1.85. The molecule has 5 heteroatoms. The highest BCUT2D eigenvalue weighted by atomic mass is 79.9. The van der Waals surface area contributed by atoms with Gasteiger partial charge in [0.1, 0.15) is 0 Å². The number of hydrogen-bond acceptors (Lipinski definition) is 2. The van der Waals surface area contributed by atoms with Crippen LogP contribution in [0.15, 0.2) is 22.7 Å². The summed E-state index contributed by atoms with van der Waals surface area (Å²) in [6.07, 6.45) is -0.911. The van der Waals surface area contributed by atoms with Crippen molar-refractivity contribution in [3.05, 3.63) is 22.7 Å². The lowest BCUT2D eigenvalue weighted by molar-refractivity contribution is 0.202. The van der Waals surface area contributed by atoms with Crippen LogP contribution in [0, 0.1) is 0 Å². The van der Waals surface area contributed by atoms with Gasteiger partial charge in [-0.2, -0.15) is 0 Å². The molecule has 4 nitrogen and oxygen atoms in total. The summed E-state index contributed by atoms with van der Waals surface area (Å²) in [6, 6.07) is 5.56. The lowest BCUT2D eigenvalue weighted by atomic mass is 10.2. The number of fused-ring (bicyclic) bond motifs is 1. The summed E-state index contributed by atoms with van der Waals surface area (Å²) in [6.45, 7) is 1.14. The molecule has 0 bridgehead atoms. The summed E-state index contributed by atoms with van der Waals surface area (Å²) in [7, 11) is 0. The van der Waals surface area contributed by atoms with Gasteiger partial charge in [0.05, 0.1) is 11.4 Å². The van der Waals surface area contributed by atoms with Gasteiger partial charge in [-0.05, 0) is 18.2 Å². The number of carbonyl (C=O) groups is 1. The van der Waals surface area contributed by atoms with E-state index in [4.69, 9.17) is 5.11 Å². The Labute approximate surface area is 89.7 Å². The first-order valence-corrected chi connectivity index (χ1v) is 5.01. The molecule has 1 aromatic rings. The third kappa shape index (κ3) is 1.55. The van der Waals surface area contributed by atoms with Gasteiger partial charge in [-0.15, -0.1) is 0 Å². The van der Waals surface area contributed by atoms with Gasteiger partial charge in [0, 0.05) is 17.6 Å². The van der Waals surface area contributed by atoms with E-state index in [1.165, 1.54) is 4.90 Å². The Bertz CT molecular complexity index is 381. The second-order valence-corrected chi connectivity index (χ2v) is 3.94. The third-order valence-electron chi connectivity index (χ3n) is 2.13. The highest BCUT2D eigenvalue weighted by Gasteiger charge is 2.21. The van der Waals surface area contributed by atoms with Crippen LogP contribution in [0.25, 0.3) is 0 Å². The predicted octanol–water partition coefficient (Wildman–Crippen LogP) is 2.36. The zero-order valence-corrected chi connectivity index (χ0v) is 8.91. The molecule has 2 N–H and O–H groups in total. The van der Waals surface area contributed by atoms with Crippen LogP contribution < -0.4 is 10.2 Å². The zero-order chi connectivity index (χ0) is 10.1. The number of benzene rings is 1. The summed E-state index contributed by atoms with van der Waals surface area (Å²) >= 11 is 3.32. The average Bonchev–Trinajstić information content (AvgIpc) is 2.16. The molecule has 74 valence electrons. The minimum absolute atomic E-state index is 0.485. The summed E-state index contributed by atoms with van der Waals surface area (Å²) in [5, 5.41) is 12.1. The number of carboxylic acid groups (broad SMARTS) is 1. The van der Waals surface area contributed by atoms with Gasteiger partial charge in [0.15, 0.2) is 0 Å². The number of anilines is 2. The Morgan fingerprint density at radius 1 is 1.57 bits per heavy atom. The Kier molecular flexibility index (Phi) is 2.33. The van der Waals surface area contributed by atoms with Crippen molar-refractivity contribution >= 4 is 33.4 Å². The SMILES string of the molecule is O=C(O)N1CCNc2ccc(Br)cc21. The molecule has 1 aliphatic rings. The Morgan fingerprint density at radius 3 is 3.07 bits per heavy atom. The molecule has 0 saturated heterocycles. The quantitative estimate of drug-likeness (QED) is 0.750. The Hall–Kier alpha value is -1.23. The normalized spacial score (nSPS) is 14.5. The molecule has 0 aliphatic carbocycles.